The van der Waals surface area contributed by atoms with Gasteiger partial charge in [0.25, 0.3) is 15.9 Å². The van der Waals surface area contributed by atoms with E-state index in [2.05, 4.69) is 10.0 Å². The van der Waals surface area contributed by atoms with E-state index in [-0.39, 0.29) is 22.5 Å². The van der Waals surface area contributed by atoms with Crippen molar-refractivity contribution in [2.45, 2.75) is 42.8 Å². The molecule has 0 spiro atoms. The van der Waals surface area contributed by atoms with Gasteiger partial charge in [-0.1, -0.05) is 18.9 Å². The molecule has 2 N–H and O–H groups in total. The van der Waals surface area contributed by atoms with Crippen molar-refractivity contribution in [2.75, 3.05) is 4.72 Å². The molecule has 1 aliphatic carbocycles. The average Bonchev–Trinajstić information content (AvgIpc) is 3.14. The second-order valence-electron chi connectivity index (χ2n) is 6.66. The van der Waals surface area contributed by atoms with E-state index in [0.29, 0.717) is 5.56 Å². The van der Waals surface area contributed by atoms with Crippen LogP contribution in [0.3, 0.4) is 0 Å². The molecule has 150 valence electrons. The molecule has 1 fully saturated rings. The van der Waals surface area contributed by atoms with Crippen molar-refractivity contribution in [3.63, 3.8) is 0 Å². The van der Waals surface area contributed by atoms with E-state index in [9.17, 15) is 26.4 Å². The standard InChI is InChI=1S/C19H19F3N2O3S/c20-19(21,22)14-4-3-7-16(12-14)24-28(26,27)17-10-8-13(9-11-17)18(25)23-15-5-1-2-6-15/h3-4,7-12,15,24H,1-2,5-6H2,(H,23,25). The summed E-state index contributed by atoms with van der Waals surface area (Å²) in [5, 5.41) is 2.90. The first-order chi connectivity index (χ1) is 13.1. The fourth-order valence-corrected chi connectivity index (χ4v) is 4.15. The van der Waals surface area contributed by atoms with Crippen LogP contribution in [0.5, 0.6) is 0 Å². The van der Waals surface area contributed by atoms with E-state index in [4.69, 9.17) is 0 Å². The molecule has 2 aromatic carbocycles. The van der Waals surface area contributed by atoms with Gasteiger partial charge in [-0.3, -0.25) is 9.52 Å². The van der Waals surface area contributed by atoms with Crippen molar-refractivity contribution in [1.29, 1.82) is 0 Å². The summed E-state index contributed by atoms with van der Waals surface area (Å²) >= 11 is 0. The first-order valence-corrected chi connectivity index (χ1v) is 10.2. The first-order valence-electron chi connectivity index (χ1n) is 8.76. The molecule has 0 unspecified atom stereocenters. The Hall–Kier alpha value is -2.55. The average molecular weight is 412 g/mol. The van der Waals surface area contributed by atoms with E-state index in [1.165, 1.54) is 30.3 Å². The molecule has 0 aliphatic heterocycles. The van der Waals surface area contributed by atoms with Crippen LogP contribution in [0.4, 0.5) is 18.9 Å². The predicted octanol–water partition coefficient (Wildman–Crippen LogP) is 4.18. The number of amides is 1. The zero-order chi connectivity index (χ0) is 20.4. The number of alkyl halides is 3. The molecule has 0 bridgehead atoms. The zero-order valence-electron chi connectivity index (χ0n) is 14.8. The lowest BCUT2D eigenvalue weighted by Gasteiger charge is -2.13. The van der Waals surface area contributed by atoms with Gasteiger partial charge >= 0.3 is 6.18 Å². The maximum Gasteiger partial charge on any atom is 0.416 e. The van der Waals surface area contributed by atoms with E-state index in [0.717, 1.165) is 43.9 Å². The van der Waals surface area contributed by atoms with Crippen LogP contribution in [0.25, 0.3) is 0 Å². The Kier molecular flexibility index (Phi) is 5.64. The predicted molar refractivity (Wildman–Crippen MR) is 98.4 cm³/mol. The van der Waals surface area contributed by atoms with Gasteiger partial charge < -0.3 is 5.32 Å². The van der Waals surface area contributed by atoms with E-state index in [1.54, 1.807) is 0 Å². The number of anilines is 1. The molecule has 0 heterocycles. The third-order valence-electron chi connectivity index (χ3n) is 4.56. The number of carbonyl (C=O) groups is 1. The Morgan fingerprint density at radius 3 is 2.25 bits per heavy atom. The molecular weight excluding hydrogens is 393 g/mol. The Balaban J connectivity index is 1.72. The minimum atomic E-state index is -4.57. The smallest absolute Gasteiger partial charge is 0.349 e. The maximum absolute atomic E-state index is 12.8. The number of sulfonamides is 1. The van der Waals surface area contributed by atoms with Gasteiger partial charge in [-0.2, -0.15) is 13.2 Å². The fraction of sp³-hybridized carbons (Fsp3) is 0.316. The monoisotopic (exact) mass is 412 g/mol. The lowest BCUT2D eigenvalue weighted by atomic mass is 10.2. The number of hydrogen-bond acceptors (Lipinski definition) is 3. The van der Waals surface area contributed by atoms with Crippen molar-refractivity contribution in [3.05, 3.63) is 59.7 Å². The highest BCUT2D eigenvalue weighted by atomic mass is 32.2. The molecule has 28 heavy (non-hydrogen) atoms. The van der Waals surface area contributed by atoms with Crippen LogP contribution in [-0.4, -0.2) is 20.4 Å². The summed E-state index contributed by atoms with van der Waals surface area (Å²) in [5.74, 6) is -0.276. The number of benzene rings is 2. The number of halogens is 3. The summed E-state index contributed by atoms with van der Waals surface area (Å²) in [5.41, 5.74) is -0.825. The molecule has 9 heteroatoms. The summed E-state index contributed by atoms with van der Waals surface area (Å²) < 4.78 is 65.3. The van der Waals surface area contributed by atoms with Crippen LogP contribution in [0, 0.1) is 0 Å². The second kappa shape index (κ2) is 7.83. The van der Waals surface area contributed by atoms with Gasteiger partial charge in [0.1, 0.15) is 0 Å². The van der Waals surface area contributed by atoms with Crippen molar-refractivity contribution in [1.82, 2.24) is 5.32 Å². The zero-order valence-corrected chi connectivity index (χ0v) is 15.6. The topological polar surface area (TPSA) is 75.3 Å². The Morgan fingerprint density at radius 1 is 1.00 bits per heavy atom. The van der Waals surface area contributed by atoms with Gasteiger partial charge in [0.15, 0.2) is 0 Å². The fourth-order valence-electron chi connectivity index (χ4n) is 3.10. The van der Waals surface area contributed by atoms with Gasteiger partial charge in [-0.15, -0.1) is 0 Å². The summed E-state index contributed by atoms with van der Waals surface area (Å²) in [6, 6.07) is 9.33. The quantitative estimate of drug-likeness (QED) is 0.774. The summed E-state index contributed by atoms with van der Waals surface area (Å²) in [7, 11) is -4.09. The maximum atomic E-state index is 12.8. The van der Waals surface area contributed by atoms with Gasteiger partial charge in [0.2, 0.25) is 0 Å². The van der Waals surface area contributed by atoms with Crippen molar-refractivity contribution >= 4 is 21.6 Å². The van der Waals surface area contributed by atoms with Gasteiger partial charge in [-0.25, -0.2) is 8.42 Å². The van der Waals surface area contributed by atoms with E-state index < -0.39 is 21.8 Å². The SMILES string of the molecule is O=C(NC1CCCC1)c1ccc(S(=O)(=O)Nc2cccc(C(F)(F)F)c2)cc1. The number of rotatable bonds is 5. The summed E-state index contributed by atoms with van der Waals surface area (Å²) in [6.07, 6.45) is -0.569. The lowest BCUT2D eigenvalue weighted by Crippen LogP contribution is -2.32. The van der Waals surface area contributed by atoms with Crippen LogP contribution in [0.15, 0.2) is 53.4 Å². The summed E-state index contributed by atoms with van der Waals surface area (Å²) in [4.78, 5) is 12.1. The highest BCUT2D eigenvalue weighted by Gasteiger charge is 2.30. The molecule has 0 radical (unpaired) electrons. The molecule has 2 aromatic rings. The molecule has 0 saturated heterocycles. The van der Waals surface area contributed by atoms with Crippen LogP contribution < -0.4 is 10.0 Å². The van der Waals surface area contributed by atoms with Crippen molar-refractivity contribution in [3.8, 4) is 0 Å². The normalized spacial score (nSPS) is 15.4. The van der Waals surface area contributed by atoms with Crippen LogP contribution in [0.2, 0.25) is 0 Å². The first kappa shape index (κ1) is 20.2. The van der Waals surface area contributed by atoms with E-state index in [1.807, 2.05) is 0 Å². The summed E-state index contributed by atoms with van der Waals surface area (Å²) in [6.45, 7) is 0. The van der Waals surface area contributed by atoms with Crippen LogP contribution >= 0.6 is 0 Å². The minimum absolute atomic E-state index is 0.137. The number of nitrogens with one attached hydrogen (secondary N) is 2. The van der Waals surface area contributed by atoms with Gasteiger partial charge in [0, 0.05) is 17.3 Å². The molecule has 0 aromatic heterocycles. The third-order valence-corrected chi connectivity index (χ3v) is 5.96. The number of hydrogen-bond donors (Lipinski definition) is 2. The largest absolute Gasteiger partial charge is 0.416 e. The molecule has 0 atom stereocenters. The molecular formula is C19H19F3N2O3S. The number of carbonyl (C=O) groups excluding carboxylic acids is 1. The van der Waals surface area contributed by atoms with Crippen LogP contribution in [-0.2, 0) is 16.2 Å². The Morgan fingerprint density at radius 2 is 1.64 bits per heavy atom. The Labute approximate surface area is 161 Å². The van der Waals surface area contributed by atoms with Gasteiger partial charge in [-0.05, 0) is 55.3 Å². The molecule has 1 amide bonds. The second-order valence-corrected chi connectivity index (χ2v) is 8.35. The van der Waals surface area contributed by atoms with Crippen molar-refractivity contribution in [2.24, 2.45) is 0 Å². The third kappa shape index (κ3) is 4.83. The molecule has 3 rings (SSSR count). The van der Waals surface area contributed by atoms with Crippen LogP contribution in [0.1, 0.15) is 41.6 Å². The minimum Gasteiger partial charge on any atom is -0.349 e. The van der Waals surface area contributed by atoms with Crippen molar-refractivity contribution < 1.29 is 26.4 Å². The lowest BCUT2D eigenvalue weighted by molar-refractivity contribution is -0.137. The molecule has 1 saturated carbocycles. The molecule has 5 nitrogen and oxygen atoms in total. The highest BCUT2D eigenvalue weighted by Crippen LogP contribution is 2.31. The van der Waals surface area contributed by atoms with E-state index >= 15 is 0 Å². The Bertz CT molecular complexity index is 951. The highest BCUT2D eigenvalue weighted by molar-refractivity contribution is 7.92. The molecule has 1 aliphatic rings. The van der Waals surface area contributed by atoms with Gasteiger partial charge in [0.05, 0.1) is 10.5 Å².